The van der Waals surface area contributed by atoms with E-state index in [1.807, 2.05) is 11.4 Å². The van der Waals surface area contributed by atoms with Crippen molar-refractivity contribution < 1.29 is 9.90 Å². The van der Waals surface area contributed by atoms with Gasteiger partial charge in [0.15, 0.2) is 0 Å². The third kappa shape index (κ3) is 2.31. The first-order valence-electron chi connectivity index (χ1n) is 4.47. The van der Waals surface area contributed by atoms with Crippen molar-refractivity contribution >= 4 is 17.3 Å². The van der Waals surface area contributed by atoms with Gasteiger partial charge in [-0.25, -0.2) is 4.79 Å². The Labute approximate surface area is 82.2 Å². The van der Waals surface area contributed by atoms with Gasteiger partial charge in [-0.2, -0.15) is 0 Å². The standard InChI is InChI=1S/C10H14O2S/c1-3-4-7(2)8-5-6-13-9(8)10(11)12/h5-7H,3-4H2,1-2H3,(H,11,12). The summed E-state index contributed by atoms with van der Waals surface area (Å²) in [5.74, 6) is -0.435. The van der Waals surface area contributed by atoms with E-state index in [0.717, 1.165) is 18.4 Å². The molecule has 1 rings (SSSR count). The van der Waals surface area contributed by atoms with Gasteiger partial charge < -0.3 is 5.11 Å². The van der Waals surface area contributed by atoms with Gasteiger partial charge >= 0.3 is 5.97 Å². The molecule has 0 aliphatic carbocycles. The molecule has 1 aromatic rings. The van der Waals surface area contributed by atoms with E-state index in [1.165, 1.54) is 11.3 Å². The van der Waals surface area contributed by atoms with Crippen molar-refractivity contribution in [2.45, 2.75) is 32.6 Å². The van der Waals surface area contributed by atoms with Gasteiger partial charge in [0.2, 0.25) is 0 Å². The molecule has 1 N–H and O–H groups in total. The highest BCUT2D eigenvalue weighted by molar-refractivity contribution is 7.12. The minimum atomic E-state index is -0.798. The highest BCUT2D eigenvalue weighted by atomic mass is 32.1. The summed E-state index contributed by atoms with van der Waals surface area (Å²) in [7, 11) is 0. The summed E-state index contributed by atoms with van der Waals surface area (Å²) in [6.45, 7) is 4.20. The van der Waals surface area contributed by atoms with E-state index < -0.39 is 5.97 Å². The summed E-state index contributed by atoms with van der Waals surface area (Å²) < 4.78 is 0. The van der Waals surface area contributed by atoms with Crippen LogP contribution < -0.4 is 0 Å². The van der Waals surface area contributed by atoms with Crippen molar-refractivity contribution in [3.63, 3.8) is 0 Å². The van der Waals surface area contributed by atoms with E-state index in [0.29, 0.717) is 10.8 Å². The molecule has 0 aliphatic heterocycles. The van der Waals surface area contributed by atoms with Crippen molar-refractivity contribution in [2.75, 3.05) is 0 Å². The quantitative estimate of drug-likeness (QED) is 0.805. The molecule has 0 bridgehead atoms. The lowest BCUT2D eigenvalue weighted by molar-refractivity contribution is 0.0700. The number of carboxylic acid groups (broad SMARTS) is 1. The number of hydrogen-bond donors (Lipinski definition) is 1. The number of carbonyl (C=O) groups is 1. The third-order valence-corrected chi connectivity index (χ3v) is 3.06. The average Bonchev–Trinajstić information content (AvgIpc) is 2.52. The van der Waals surface area contributed by atoms with Gasteiger partial charge in [-0.05, 0) is 29.3 Å². The minimum Gasteiger partial charge on any atom is -0.477 e. The smallest absolute Gasteiger partial charge is 0.346 e. The molecule has 0 radical (unpaired) electrons. The monoisotopic (exact) mass is 198 g/mol. The van der Waals surface area contributed by atoms with Crippen LogP contribution >= 0.6 is 11.3 Å². The molecule has 1 atom stereocenters. The van der Waals surface area contributed by atoms with Crippen molar-refractivity contribution in [1.29, 1.82) is 0 Å². The summed E-state index contributed by atoms with van der Waals surface area (Å²) in [6.07, 6.45) is 2.15. The molecule has 0 fully saturated rings. The number of hydrogen-bond acceptors (Lipinski definition) is 2. The van der Waals surface area contributed by atoms with Crippen LogP contribution in [0.4, 0.5) is 0 Å². The highest BCUT2D eigenvalue weighted by Crippen LogP contribution is 2.27. The molecule has 0 spiro atoms. The van der Waals surface area contributed by atoms with Gasteiger partial charge in [-0.15, -0.1) is 11.3 Å². The Morgan fingerprint density at radius 3 is 2.92 bits per heavy atom. The molecule has 1 unspecified atom stereocenters. The Balaban J connectivity index is 2.86. The highest BCUT2D eigenvalue weighted by Gasteiger charge is 2.15. The van der Waals surface area contributed by atoms with E-state index in [2.05, 4.69) is 13.8 Å². The summed E-state index contributed by atoms with van der Waals surface area (Å²) in [4.78, 5) is 11.3. The maximum absolute atomic E-state index is 10.8. The molecule has 3 heteroatoms. The molecule has 1 heterocycles. The number of rotatable bonds is 4. The number of aromatic carboxylic acids is 1. The maximum Gasteiger partial charge on any atom is 0.346 e. The van der Waals surface area contributed by atoms with Crippen molar-refractivity contribution in [2.24, 2.45) is 0 Å². The zero-order chi connectivity index (χ0) is 9.84. The van der Waals surface area contributed by atoms with Crippen molar-refractivity contribution in [3.05, 3.63) is 21.9 Å². The lowest BCUT2D eigenvalue weighted by Gasteiger charge is -2.08. The summed E-state index contributed by atoms with van der Waals surface area (Å²) >= 11 is 1.31. The van der Waals surface area contributed by atoms with Crippen LogP contribution in [0.5, 0.6) is 0 Å². The molecule has 0 aromatic carbocycles. The zero-order valence-corrected chi connectivity index (χ0v) is 8.73. The largest absolute Gasteiger partial charge is 0.477 e. The van der Waals surface area contributed by atoms with Crippen LogP contribution in [0.2, 0.25) is 0 Å². The van der Waals surface area contributed by atoms with Gasteiger partial charge in [-0.3, -0.25) is 0 Å². The van der Waals surface area contributed by atoms with Crippen molar-refractivity contribution in [3.8, 4) is 0 Å². The topological polar surface area (TPSA) is 37.3 Å². The SMILES string of the molecule is CCCC(C)c1ccsc1C(=O)O. The second kappa shape index (κ2) is 4.42. The molecule has 72 valence electrons. The summed E-state index contributed by atoms with van der Waals surface area (Å²) in [6, 6.07) is 1.93. The summed E-state index contributed by atoms with van der Waals surface area (Å²) in [5.41, 5.74) is 0.986. The molecule has 0 saturated heterocycles. The number of thiophene rings is 1. The van der Waals surface area contributed by atoms with Crippen LogP contribution in [-0.2, 0) is 0 Å². The third-order valence-electron chi connectivity index (χ3n) is 2.14. The Morgan fingerprint density at radius 1 is 1.69 bits per heavy atom. The lowest BCUT2D eigenvalue weighted by Crippen LogP contribution is -2.00. The minimum absolute atomic E-state index is 0.363. The van der Waals surface area contributed by atoms with E-state index in [9.17, 15) is 4.79 Å². The van der Waals surface area contributed by atoms with Crippen LogP contribution in [0.3, 0.4) is 0 Å². The fraction of sp³-hybridized carbons (Fsp3) is 0.500. The molecule has 2 nitrogen and oxygen atoms in total. The van der Waals surface area contributed by atoms with Gasteiger partial charge in [0.1, 0.15) is 4.88 Å². The Morgan fingerprint density at radius 2 is 2.38 bits per heavy atom. The molecule has 0 amide bonds. The molecule has 13 heavy (non-hydrogen) atoms. The van der Waals surface area contributed by atoms with Gasteiger partial charge in [-0.1, -0.05) is 20.3 Å². The van der Waals surface area contributed by atoms with Crippen LogP contribution in [0.25, 0.3) is 0 Å². The molecule has 1 aromatic heterocycles. The fourth-order valence-corrected chi connectivity index (χ4v) is 2.33. The number of carboxylic acids is 1. The van der Waals surface area contributed by atoms with Crippen LogP contribution in [0.1, 0.15) is 47.8 Å². The Hall–Kier alpha value is -0.830. The van der Waals surface area contributed by atoms with Crippen LogP contribution in [0, 0.1) is 0 Å². The van der Waals surface area contributed by atoms with E-state index >= 15 is 0 Å². The van der Waals surface area contributed by atoms with Crippen LogP contribution in [-0.4, -0.2) is 11.1 Å². The molecule has 0 aliphatic rings. The van der Waals surface area contributed by atoms with Crippen molar-refractivity contribution in [1.82, 2.24) is 0 Å². The maximum atomic E-state index is 10.8. The second-order valence-corrected chi connectivity index (χ2v) is 4.12. The second-order valence-electron chi connectivity index (χ2n) is 3.20. The molecular weight excluding hydrogens is 184 g/mol. The summed E-state index contributed by atoms with van der Waals surface area (Å²) in [5, 5.41) is 10.7. The van der Waals surface area contributed by atoms with Gasteiger partial charge in [0.05, 0.1) is 0 Å². The van der Waals surface area contributed by atoms with Gasteiger partial charge in [0.25, 0.3) is 0 Å². The van der Waals surface area contributed by atoms with E-state index in [4.69, 9.17) is 5.11 Å². The van der Waals surface area contributed by atoms with E-state index in [-0.39, 0.29) is 0 Å². The first-order chi connectivity index (χ1) is 6.16. The lowest BCUT2D eigenvalue weighted by atomic mass is 9.97. The molecule has 0 saturated carbocycles. The van der Waals surface area contributed by atoms with Crippen LogP contribution in [0.15, 0.2) is 11.4 Å². The van der Waals surface area contributed by atoms with E-state index in [1.54, 1.807) is 0 Å². The predicted octanol–water partition coefficient (Wildman–Crippen LogP) is 3.35. The molecular formula is C10H14O2S. The Bertz CT molecular complexity index is 291. The first-order valence-corrected chi connectivity index (χ1v) is 5.35. The first kappa shape index (κ1) is 10.3. The Kier molecular flexibility index (Phi) is 3.48. The zero-order valence-electron chi connectivity index (χ0n) is 7.91. The normalized spacial score (nSPS) is 12.8. The van der Waals surface area contributed by atoms with Gasteiger partial charge in [0, 0.05) is 0 Å². The average molecular weight is 198 g/mol. The fourth-order valence-electron chi connectivity index (χ4n) is 1.47. The predicted molar refractivity (Wildman–Crippen MR) is 54.6 cm³/mol.